The van der Waals surface area contributed by atoms with Crippen LogP contribution in [0.2, 0.25) is 0 Å². The third-order valence-electron chi connectivity index (χ3n) is 6.58. The highest BCUT2D eigenvalue weighted by Gasteiger charge is 2.30. The third-order valence-corrected chi connectivity index (χ3v) is 6.58. The largest absolute Gasteiger partial charge is 0.378 e. The second kappa shape index (κ2) is 10.4. The minimum atomic E-state index is -0.329. The number of hydrogen-bond donors (Lipinski definition) is 2. The van der Waals surface area contributed by atoms with Gasteiger partial charge in [-0.05, 0) is 60.0 Å². The fourth-order valence-electron chi connectivity index (χ4n) is 4.37. The number of anilines is 3. The molecule has 0 bridgehead atoms. The lowest BCUT2D eigenvalue weighted by molar-refractivity contribution is -0.117. The number of morpholine rings is 1. The molecule has 5 rings (SSSR count). The Morgan fingerprint density at radius 2 is 1.61 bits per heavy atom. The Balaban J connectivity index is 1.26. The van der Waals surface area contributed by atoms with E-state index in [0.717, 1.165) is 42.4 Å². The van der Waals surface area contributed by atoms with Crippen molar-refractivity contribution in [3.63, 3.8) is 0 Å². The minimum absolute atomic E-state index is 0.0116. The number of carbonyl (C=O) groups excluding carboxylic acids is 3. The number of carbonyl (C=O) groups is 3. The number of nitrogens with zero attached hydrogens (tertiary/aromatic N) is 2. The molecular formula is C28H30N4O4. The van der Waals surface area contributed by atoms with Crippen molar-refractivity contribution in [2.75, 3.05) is 55.4 Å². The average Bonchev–Trinajstić information content (AvgIpc) is 3.74. The predicted octanol–water partition coefficient (Wildman–Crippen LogP) is 3.74. The quantitative estimate of drug-likeness (QED) is 0.531. The Morgan fingerprint density at radius 1 is 0.944 bits per heavy atom. The first kappa shape index (κ1) is 23.8. The Morgan fingerprint density at radius 3 is 2.28 bits per heavy atom. The van der Waals surface area contributed by atoms with Crippen LogP contribution in [-0.4, -0.2) is 62.5 Å². The molecule has 0 unspecified atom stereocenters. The maximum atomic E-state index is 13.4. The molecule has 2 N–H and O–H groups in total. The summed E-state index contributed by atoms with van der Waals surface area (Å²) in [5.41, 5.74) is 2.59. The summed E-state index contributed by atoms with van der Waals surface area (Å²) in [5.74, 6) is -0.684. The van der Waals surface area contributed by atoms with E-state index in [1.165, 1.54) is 4.90 Å². The van der Waals surface area contributed by atoms with Gasteiger partial charge in [0.25, 0.3) is 5.91 Å². The Hall–Kier alpha value is -3.91. The molecule has 2 fully saturated rings. The highest BCUT2D eigenvalue weighted by atomic mass is 16.5. The van der Waals surface area contributed by atoms with E-state index in [2.05, 4.69) is 15.5 Å². The van der Waals surface area contributed by atoms with Gasteiger partial charge in [-0.15, -0.1) is 0 Å². The first-order valence-corrected chi connectivity index (χ1v) is 12.3. The van der Waals surface area contributed by atoms with Crippen LogP contribution in [0.3, 0.4) is 0 Å². The van der Waals surface area contributed by atoms with Crippen molar-refractivity contribution in [2.24, 2.45) is 5.92 Å². The SMILES string of the molecule is CN(CC(=O)Nc1ccc(N2CCOCC2)cc1)C(=O)c1cc2ccccc2cc1NC(=O)C1CC1. The molecule has 1 saturated carbocycles. The van der Waals surface area contributed by atoms with Crippen molar-refractivity contribution >= 4 is 45.6 Å². The normalized spacial score (nSPS) is 15.4. The predicted molar refractivity (Wildman–Crippen MR) is 140 cm³/mol. The molecule has 0 atom stereocenters. The molecule has 1 aliphatic heterocycles. The summed E-state index contributed by atoms with van der Waals surface area (Å²) in [7, 11) is 1.59. The standard InChI is InChI=1S/C28H30N4O4/c1-31(18-26(33)29-22-8-10-23(11-9-22)32-12-14-36-15-13-32)28(35)24-16-20-4-2-3-5-21(20)17-25(24)30-27(34)19-6-7-19/h2-5,8-11,16-17,19H,6-7,12-15,18H2,1H3,(H,29,33)(H,30,34). The number of nitrogens with one attached hydrogen (secondary N) is 2. The van der Waals surface area contributed by atoms with Gasteiger partial charge in [-0.3, -0.25) is 14.4 Å². The molecule has 1 aliphatic carbocycles. The van der Waals surface area contributed by atoms with Gasteiger partial charge in [-0.1, -0.05) is 24.3 Å². The van der Waals surface area contributed by atoms with Gasteiger partial charge in [0.1, 0.15) is 0 Å². The molecule has 0 aromatic heterocycles. The Kier molecular flexibility index (Phi) is 6.86. The van der Waals surface area contributed by atoms with E-state index < -0.39 is 0 Å². The van der Waals surface area contributed by atoms with Gasteiger partial charge in [0.05, 0.1) is 31.0 Å². The summed E-state index contributed by atoms with van der Waals surface area (Å²) in [6.07, 6.45) is 1.74. The zero-order valence-electron chi connectivity index (χ0n) is 20.3. The minimum Gasteiger partial charge on any atom is -0.378 e. The average molecular weight is 487 g/mol. The number of ether oxygens (including phenoxy) is 1. The number of benzene rings is 3. The zero-order valence-corrected chi connectivity index (χ0v) is 20.3. The molecule has 2 aliphatic rings. The molecule has 8 heteroatoms. The van der Waals surface area contributed by atoms with E-state index in [9.17, 15) is 14.4 Å². The van der Waals surface area contributed by atoms with E-state index in [0.29, 0.717) is 30.2 Å². The lowest BCUT2D eigenvalue weighted by atomic mass is 10.0. The van der Waals surface area contributed by atoms with Gasteiger partial charge in [0.15, 0.2) is 0 Å². The molecule has 3 aromatic rings. The molecule has 186 valence electrons. The van der Waals surface area contributed by atoms with Crippen LogP contribution >= 0.6 is 0 Å². The van der Waals surface area contributed by atoms with Crippen molar-refractivity contribution in [1.29, 1.82) is 0 Å². The molecule has 0 spiro atoms. The van der Waals surface area contributed by atoms with Gasteiger partial charge in [0, 0.05) is 37.4 Å². The number of hydrogen-bond acceptors (Lipinski definition) is 5. The van der Waals surface area contributed by atoms with Crippen LogP contribution in [0, 0.1) is 5.92 Å². The number of likely N-dealkylation sites (N-methyl/N-ethyl adjacent to an activating group) is 1. The molecule has 3 aromatic carbocycles. The second-order valence-corrected chi connectivity index (χ2v) is 9.36. The molecule has 36 heavy (non-hydrogen) atoms. The van der Waals surface area contributed by atoms with E-state index in [1.807, 2.05) is 54.6 Å². The van der Waals surface area contributed by atoms with Gasteiger partial charge in [-0.2, -0.15) is 0 Å². The topological polar surface area (TPSA) is 91.0 Å². The van der Waals surface area contributed by atoms with Crippen LogP contribution in [0.4, 0.5) is 17.1 Å². The molecule has 1 saturated heterocycles. The van der Waals surface area contributed by atoms with Crippen LogP contribution in [0.15, 0.2) is 60.7 Å². The van der Waals surface area contributed by atoms with Gasteiger partial charge >= 0.3 is 0 Å². The molecule has 0 radical (unpaired) electrons. The van der Waals surface area contributed by atoms with Crippen LogP contribution in [0.5, 0.6) is 0 Å². The van der Waals surface area contributed by atoms with Crippen LogP contribution in [0.25, 0.3) is 10.8 Å². The lowest BCUT2D eigenvalue weighted by Gasteiger charge is -2.28. The maximum Gasteiger partial charge on any atom is 0.256 e. The zero-order chi connectivity index (χ0) is 25.1. The van der Waals surface area contributed by atoms with E-state index in [-0.39, 0.29) is 30.2 Å². The second-order valence-electron chi connectivity index (χ2n) is 9.36. The molecular weight excluding hydrogens is 456 g/mol. The summed E-state index contributed by atoms with van der Waals surface area (Å²) in [6.45, 7) is 2.99. The highest BCUT2D eigenvalue weighted by molar-refractivity contribution is 6.09. The smallest absolute Gasteiger partial charge is 0.256 e. The third kappa shape index (κ3) is 5.49. The number of fused-ring (bicyclic) bond motifs is 1. The van der Waals surface area contributed by atoms with Crippen molar-refractivity contribution < 1.29 is 19.1 Å². The number of rotatable bonds is 7. The van der Waals surface area contributed by atoms with Gasteiger partial charge < -0.3 is 25.2 Å². The van der Waals surface area contributed by atoms with Crippen LogP contribution in [0.1, 0.15) is 23.2 Å². The number of amides is 3. The first-order valence-electron chi connectivity index (χ1n) is 12.3. The van der Waals surface area contributed by atoms with E-state index in [1.54, 1.807) is 13.1 Å². The van der Waals surface area contributed by atoms with Crippen molar-refractivity contribution in [1.82, 2.24) is 4.90 Å². The summed E-state index contributed by atoms with van der Waals surface area (Å²) < 4.78 is 5.39. The van der Waals surface area contributed by atoms with Gasteiger partial charge in [0.2, 0.25) is 11.8 Å². The van der Waals surface area contributed by atoms with Crippen molar-refractivity contribution in [2.45, 2.75) is 12.8 Å². The summed E-state index contributed by atoms with van der Waals surface area (Å²) in [4.78, 5) is 42.1. The van der Waals surface area contributed by atoms with Crippen molar-refractivity contribution in [3.8, 4) is 0 Å². The molecule has 1 heterocycles. The lowest BCUT2D eigenvalue weighted by Crippen LogP contribution is -2.36. The van der Waals surface area contributed by atoms with Gasteiger partial charge in [-0.25, -0.2) is 0 Å². The fourth-order valence-corrected chi connectivity index (χ4v) is 4.37. The van der Waals surface area contributed by atoms with E-state index in [4.69, 9.17) is 4.74 Å². The van der Waals surface area contributed by atoms with Crippen LogP contribution in [-0.2, 0) is 14.3 Å². The highest BCUT2D eigenvalue weighted by Crippen LogP contribution is 2.32. The molecule has 3 amide bonds. The Labute approximate surface area is 210 Å². The summed E-state index contributed by atoms with van der Waals surface area (Å²) in [6, 6.07) is 19.0. The fraction of sp³-hybridized carbons (Fsp3) is 0.321. The Bertz CT molecular complexity index is 1280. The maximum absolute atomic E-state index is 13.4. The van der Waals surface area contributed by atoms with E-state index >= 15 is 0 Å². The summed E-state index contributed by atoms with van der Waals surface area (Å²) >= 11 is 0. The van der Waals surface area contributed by atoms with Crippen LogP contribution < -0.4 is 15.5 Å². The monoisotopic (exact) mass is 486 g/mol. The molecule has 8 nitrogen and oxygen atoms in total. The van der Waals surface area contributed by atoms with Crippen molar-refractivity contribution in [3.05, 3.63) is 66.2 Å². The summed E-state index contributed by atoms with van der Waals surface area (Å²) in [5, 5.41) is 7.61. The first-order chi connectivity index (χ1) is 17.5.